The predicted octanol–water partition coefficient (Wildman–Crippen LogP) is -0.108. The van der Waals surface area contributed by atoms with Crippen molar-refractivity contribution in [1.29, 1.82) is 0 Å². The van der Waals surface area contributed by atoms with Crippen LogP contribution in [0.25, 0.3) is 0 Å². The summed E-state index contributed by atoms with van der Waals surface area (Å²) >= 11 is 0. The molecular weight excluding hydrogens is 184 g/mol. The molecule has 0 aromatic heterocycles. The summed E-state index contributed by atoms with van der Waals surface area (Å²) < 4.78 is 0. The molecular formula is C5H10N2O6. The minimum Gasteiger partial charge on any atom is -2.00 e. The van der Waals surface area contributed by atoms with E-state index in [1.807, 2.05) is 0 Å². The van der Waals surface area contributed by atoms with E-state index in [4.69, 9.17) is 19.8 Å². The van der Waals surface area contributed by atoms with Gasteiger partial charge in [-0.15, -0.1) is 13.2 Å². The van der Waals surface area contributed by atoms with Crippen LogP contribution in [0.1, 0.15) is 0 Å². The van der Waals surface area contributed by atoms with Crippen LogP contribution in [-0.2, 0) is 11.0 Å². The molecule has 0 unspecified atom stereocenters. The first kappa shape index (κ1) is 43.1. The summed E-state index contributed by atoms with van der Waals surface area (Å²) in [5, 5.41) is 13.9. The Labute approximate surface area is 76.1 Å². The summed E-state index contributed by atoms with van der Waals surface area (Å²) in [7, 11) is 0. The smallest absolute Gasteiger partial charge is 2.00 e. The summed E-state index contributed by atoms with van der Waals surface area (Å²) in [6.07, 6.45) is -1.83. The van der Waals surface area contributed by atoms with Crippen LogP contribution >= 0.6 is 0 Å². The number of urea groups is 1. The first-order chi connectivity index (χ1) is 4.46. The Morgan fingerprint density at radius 2 is 1.00 bits per heavy atom. The summed E-state index contributed by atoms with van der Waals surface area (Å²) in [6.45, 7) is 6.00. The zero-order valence-electron chi connectivity index (χ0n) is 6.60. The zero-order valence-corrected chi connectivity index (χ0v) is 6.60. The van der Waals surface area contributed by atoms with Crippen molar-refractivity contribution in [1.82, 2.24) is 0 Å². The minimum absolute atomic E-state index is 0. The maximum Gasteiger partial charge on any atom is 4.00 e. The largest absolute Gasteiger partial charge is 4.00 e. The van der Waals surface area contributed by atoms with E-state index in [0.29, 0.717) is 0 Å². The van der Waals surface area contributed by atoms with Gasteiger partial charge in [0.1, 0.15) is 0 Å². The van der Waals surface area contributed by atoms with Gasteiger partial charge in [-0.05, 0) is 0 Å². The fraction of sp³-hybridized carbons (Fsp3) is 0. The van der Waals surface area contributed by atoms with Crippen molar-refractivity contribution < 1.29 is 30.8 Å². The quantitative estimate of drug-likeness (QED) is 0.392. The van der Waals surface area contributed by atoms with Crippen molar-refractivity contribution >= 4 is 12.2 Å². The average Bonchev–Trinajstić information content (AvgIpc) is 1.66. The molecule has 0 radical (unpaired) electrons. The van der Waals surface area contributed by atoms with Gasteiger partial charge in [0, 0.05) is 0 Å². The van der Waals surface area contributed by atoms with Crippen molar-refractivity contribution in [2.24, 2.45) is 11.5 Å². The molecule has 0 saturated heterocycles. The van der Waals surface area contributed by atoms with E-state index < -0.39 is 12.2 Å². The Morgan fingerprint density at radius 3 is 1.00 bits per heavy atom. The molecule has 13 heavy (non-hydrogen) atoms. The van der Waals surface area contributed by atoms with Crippen LogP contribution in [0.2, 0.25) is 0 Å². The molecule has 0 fully saturated rings. The SMILES string of the molecule is C=C.NC(N)=O.O=C(O)O.[C+4].[O-2].[O-2]. The second-order valence-electron chi connectivity index (χ2n) is 0.685. The Morgan fingerprint density at radius 1 is 1.00 bits per heavy atom. The van der Waals surface area contributed by atoms with Gasteiger partial charge in [-0.3, -0.25) is 0 Å². The molecule has 0 aromatic carbocycles. The third kappa shape index (κ3) is 212. The first-order valence-electron chi connectivity index (χ1n) is 1.93. The van der Waals surface area contributed by atoms with E-state index >= 15 is 0 Å². The number of primary amides is 2. The van der Waals surface area contributed by atoms with Crippen LogP contribution in [-0.4, -0.2) is 22.4 Å². The molecule has 0 aliphatic carbocycles. The van der Waals surface area contributed by atoms with Crippen LogP contribution in [0.4, 0.5) is 9.59 Å². The fourth-order valence-corrected chi connectivity index (χ4v) is 0. The second-order valence-corrected chi connectivity index (χ2v) is 0.685. The predicted molar refractivity (Wildman–Crippen MR) is 40.3 cm³/mol. The van der Waals surface area contributed by atoms with Gasteiger partial charge in [-0.2, -0.15) is 0 Å². The molecule has 0 heterocycles. The maximum absolute atomic E-state index is 9.00. The molecule has 0 atom stereocenters. The van der Waals surface area contributed by atoms with Gasteiger partial charge in [0.2, 0.25) is 0 Å². The molecule has 0 rings (SSSR count). The van der Waals surface area contributed by atoms with Crippen LogP contribution in [0.5, 0.6) is 0 Å². The topological polar surface area (TPSA) is 184 Å². The summed E-state index contributed by atoms with van der Waals surface area (Å²) in [4.78, 5) is 17.6. The number of hydrogen-bond acceptors (Lipinski definition) is 2. The maximum atomic E-state index is 9.00. The van der Waals surface area contributed by atoms with Crippen molar-refractivity contribution in [3.05, 3.63) is 20.6 Å². The van der Waals surface area contributed by atoms with E-state index in [0.717, 1.165) is 0 Å². The van der Waals surface area contributed by atoms with Crippen molar-refractivity contribution in [2.75, 3.05) is 0 Å². The number of carbonyl (C=O) groups is 2. The van der Waals surface area contributed by atoms with Gasteiger partial charge in [-0.1, -0.05) is 0 Å². The molecule has 0 aliphatic heterocycles. The van der Waals surface area contributed by atoms with Gasteiger partial charge in [-0.25, -0.2) is 9.59 Å². The van der Waals surface area contributed by atoms with E-state index in [1.54, 1.807) is 0 Å². The van der Waals surface area contributed by atoms with Gasteiger partial charge in [0.15, 0.2) is 0 Å². The zero-order chi connectivity index (χ0) is 9.15. The molecule has 0 saturated carbocycles. The molecule has 0 aliphatic rings. The summed E-state index contributed by atoms with van der Waals surface area (Å²) in [6, 6.07) is -0.833. The van der Waals surface area contributed by atoms with E-state index in [2.05, 4.69) is 24.6 Å². The minimum atomic E-state index is -1.83. The molecule has 8 nitrogen and oxygen atoms in total. The standard InChI is InChI=1S/C2H4.CH4N2O.CH2O3.C.2O/c1-2;2*2-1(3)4;;;/h1-2H2;(H4,2,3,4);(H2,2,3,4);;;/q;;;+4;2*-2. The van der Waals surface area contributed by atoms with Gasteiger partial charge < -0.3 is 32.6 Å². The number of hydrogen-bond donors (Lipinski definition) is 4. The molecule has 0 bridgehead atoms. The van der Waals surface area contributed by atoms with E-state index in [1.165, 1.54) is 0 Å². The first-order valence-corrected chi connectivity index (χ1v) is 1.93. The molecule has 2 amide bonds. The van der Waals surface area contributed by atoms with Crippen LogP contribution in [0, 0.1) is 7.43 Å². The van der Waals surface area contributed by atoms with E-state index in [9.17, 15) is 0 Å². The van der Waals surface area contributed by atoms with Crippen LogP contribution in [0.3, 0.4) is 0 Å². The summed E-state index contributed by atoms with van der Waals surface area (Å²) in [5.41, 5.74) is 8.50. The Balaban J connectivity index is -0.0000000133. The van der Waals surface area contributed by atoms with Crippen LogP contribution in [0.15, 0.2) is 13.2 Å². The van der Waals surface area contributed by atoms with Crippen molar-refractivity contribution in [2.45, 2.75) is 0 Å². The van der Waals surface area contributed by atoms with Gasteiger partial charge in [0.05, 0.1) is 0 Å². The molecule has 0 spiro atoms. The third-order valence-corrected chi connectivity index (χ3v) is 0. The van der Waals surface area contributed by atoms with Crippen molar-refractivity contribution in [3.63, 3.8) is 0 Å². The van der Waals surface area contributed by atoms with Crippen LogP contribution < -0.4 is 11.5 Å². The Kier molecular flexibility index (Phi) is 162. The normalized spacial score (nSPS) is 4.00. The Bertz CT molecular complexity index is 87.2. The fourth-order valence-electron chi connectivity index (χ4n) is 0. The number of carboxylic acid groups (broad SMARTS) is 2. The third-order valence-electron chi connectivity index (χ3n) is 0. The Hall–Kier alpha value is -1.80. The number of amides is 2. The molecule has 6 N–H and O–H groups in total. The van der Waals surface area contributed by atoms with Gasteiger partial charge >= 0.3 is 19.6 Å². The second kappa shape index (κ2) is 48.9. The van der Waals surface area contributed by atoms with Crippen molar-refractivity contribution in [3.8, 4) is 0 Å². The molecule has 8 heteroatoms. The number of nitrogens with two attached hydrogens (primary N) is 2. The van der Waals surface area contributed by atoms with E-state index in [-0.39, 0.29) is 18.4 Å². The molecule has 76 valence electrons. The monoisotopic (exact) mass is 194 g/mol. The average molecular weight is 194 g/mol. The number of carbonyl (C=O) groups excluding carboxylic acids is 1. The molecule has 0 aromatic rings. The number of rotatable bonds is 0. The van der Waals surface area contributed by atoms with Gasteiger partial charge in [0.25, 0.3) is 0 Å². The summed E-state index contributed by atoms with van der Waals surface area (Å²) in [5.74, 6) is 0.